The first kappa shape index (κ1) is 18.3. The highest BCUT2D eigenvalue weighted by atomic mass is 16.5. The Morgan fingerprint density at radius 2 is 1.76 bits per heavy atom. The number of aliphatic hydroxyl groups excluding tert-OH is 1. The van der Waals surface area contributed by atoms with Gasteiger partial charge in [-0.3, -0.25) is 4.79 Å². The number of carbonyl (C=O) groups is 1. The van der Waals surface area contributed by atoms with Crippen LogP contribution in [0, 0.1) is 0 Å². The molecular weight excluding hydrogens is 324 g/mol. The maximum Gasteiger partial charge on any atom is 0.271 e. The Hall–Kier alpha value is -3.06. The van der Waals surface area contributed by atoms with Gasteiger partial charge < -0.3 is 19.3 Å². The van der Waals surface area contributed by atoms with E-state index in [2.05, 4.69) is 10.5 Å². The van der Waals surface area contributed by atoms with E-state index >= 15 is 0 Å². The van der Waals surface area contributed by atoms with Crippen LogP contribution in [0.5, 0.6) is 17.2 Å². The van der Waals surface area contributed by atoms with Gasteiger partial charge in [0.15, 0.2) is 11.5 Å². The molecule has 0 aliphatic heterocycles. The second-order valence-corrected chi connectivity index (χ2v) is 4.97. The fourth-order valence-electron chi connectivity index (χ4n) is 2.28. The van der Waals surface area contributed by atoms with Crippen molar-refractivity contribution in [3.63, 3.8) is 0 Å². The number of methoxy groups -OCH3 is 3. The molecule has 0 fully saturated rings. The zero-order chi connectivity index (χ0) is 18.2. The third kappa shape index (κ3) is 4.27. The smallest absolute Gasteiger partial charge is 0.271 e. The summed E-state index contributed by atoms with van der Waals surface area (Å²) in [6.07, 6.45) is 1.46. The molecule has 2 aromatic rings. The molecule has 0 unspecified atom stereocenters. The van der Waals surface area contributed by atoms with Crippen molar-refractivity contribution < 1.29 is 24.1 Å². The Morgan fingerprint density at radius 1 is 1.12 bits per heavy atom. The van der Waals surface area contributed by atoms with Gasteiger partial charge in [0.1, 0.15) is 0 Å². The SMILES string of the molecule is COc1cc(/C=N\NC(=O)c2ccccc2CO)cc(OC)c1OC. The largest absolute Gasteiger partial charge is 0.493 e. The van der Waals surface area contributed by atoms with Crippen molar-refractivity contribution in [2.75, 3.05) is 21.3 Å². The van der Waals surface area contributed by atoms with Crippen LogP contribution in [0.4, 0.5) is 0 Å². The lowest BCUT2D eigenvalue weighted by atomic mass is 10.1. The molecule has 2 aromatic carbocycles. The maximum atomic E-state index is 12.2. The molecule has 25 heavy (non-hydrogen) atoms. The van der Waals surface area contributed by atoms with Crippen LogP contribution in [0.1, 0.15) is 21.5 Å². The van der Waals surface area contributed by atoms with Crippen molar-refractivity contribution >= 4 is 12.1 Å². The number of hydrazone groups is 1. The highest BCUT2D eigenvalue weighted by Gasteiger charge is 2.13. The molecule has 132 valence electrons. The minimum absolute atomic E-state index is 0.222. The van der Waals surface area contributed by atoms with E-state index in [-0.39, 0.29) is 6.61 Å². The maximum absolute atomic E-state index is 12.2. The summed E-state index contributed by atoms with van der Waals surface area (Å²) in [5, 5.41) is 13.2. The minimum Gasteiger partial charge on any atom is -0.493 e. The Balaban J connectivity index is 2.18. The first-order valence-corrected chi connectivity index (χ1v) is 7.46. The van der Waals surface area contributed by atoms with Gasteiger partial charge in [0.2, 0.25) is 5.75 Å². The van der Waals surface area contributed by atoms with Gasteiger partial charge in [0.05, 0.1) is 34.2 Å². The van der Waals surface area contributed by atoms with Gasteiger partial charge in [-0.05, 0) is 23.8 Å². The van der Waals surface area contributed by atoms with Crippen molar-refractivity contribution in [1.82, 2.24) is 5.43 Å². The number of rotatable bonds is 7. The lowest BCUT2D eigenvalue weighted by Gasteiger charge is -2.12. The second-order valence-electron chi connectivity index (χ2n) is 4.97. The van der Waals surface area contributed by atoms with Crippen LogP contribution in [0.2, 0.25) is 0 Å². The molecule has 2 rings (SSSR count). The molecule has 0 aliphatic rings. The number of aliphatic hydroxyl groups is 1. The number of nitrogens with zero attached hydrogens (tertiary/aromatic N) is 1. The van der Waals surface area contributed by atoms with Crippen LogP contribution in [-0.2, 0) is 6.61 Å². The number of carbonyl (C=O) groups excluding carboxylic acids is 1. The predicted molar refractivity (Wildman–Crippen MR) is 93.5 cm³/mol. The van der Waals surface area contributed by atoms with E-state index < -0.39 is 5.91 Å². The lowest BCUT2D eigenvalue weighted by molar-refractivity contribution is 0.0952. The van der Waals surface area contributed by atoms with E-state index in [4.69, 9.17) is 14.2 Å². The third-order valence-electron chi connectivity index (χ3n) is 3.50. The minimum atomic E-state index is -0.409. The average molecular weight is 344 g/mol. The molecule has 0 bridgehead atoms. The molecule has 0 saturated carbocycles. The number of amides is 1. The Labute approximate surface area is 145 Å². The van der Waals surface area contributed by atoms with Gasteiger partial charge >= 0.3 is 0 Å². The fourth-order valence-corrected chi connectivity index (χ4v) is 2.28. The summed E-state index contributed by atoms with van der Waals surface area (Å²) in [5.41, 5.74) is 3.99. The van der Waals surface area contributed by atoms with Gasteiger partial charge in [-0.25, -0.2) is 5.43 Å². The molecule has 0 radical (unpaired) electrons. The summed E-state index contributed by atoms with van der Waals surface area (Å²) in [4.78, 5) is 12.2. The fraction of sp³-hybridized carbons (Fsp3) is 0.222. The van der Waals surface area contributed by atoms with E-state index in [1.165, 1.54) is 27.5 Å². The molecule has 7 heteroatoms. The Morgan fingerprint density at radius 3 is 2.32 bits per heavy atom. The number of benzene rings is 2. The topological polar surface area (TPSA) is 89.4 Å². The molecule has 0 heterocycles. The molecule has 0 saturated heterocycles. The van der Waals surface area contributed by atoms with Crippen molar-refractivity contribution in [2.24, 2.45) is 5.10 Å². The van der Waals surface area contributed by atoms with Crippen molar-refractivity contribution in [3.8, 4) is 17.2 Å². The van der Waals surface area contributed by atoms with Crippen LogP contribution >= 0.6 is 0 Å². The number of ether oxygens (including phenoxy) is 3. The van der Waals surface area contributed by atoms with E-state index in [1.807, 2.05) is 0 Å². The zero-order valence-corrected chi connectivity index (χ0v) is 14.3. The highest BCUT2D eigenvalue weighted by Crippen LogP contribution is 2.37. The highest BCUT2D eigenvalue weighted by molar-refractivity contribution is 5.96. The average Bonchev–Trinajstić information content (AvgIpc) is 2.66. The second kappa shape index (κ2) is 8.70. The predicted octanol–water partition coefficient (Wildman–Crippen LogP) is 1.97. The normalized spacial score (nSPS) is 10.6. The molecule has 0 spiro atoms. The molecule has 0 aliphatic carbocycles. The van der Waals surface area contributed by atoms with Gasteiger partial charge in [0, 0.05) is 11.1 Å². The number of nitrogens with one attached hydrogen (secondary N) is 1. The summed E-state index contributed by atoms with van der Waals surface area (Å²) in [7, 11) is 4.56. The monoisotopic (exact) mass is 344 g/mol. The quantitative estimate of drug-likeness (QED) is 0.592. The molecule has 0 atom stereocenters. The molecule has 2 N–H and O–H groups in total. The van der Waals surface area contributed by atoms with Crippen molar-refractivity contribution in [3.05, 3.63) is 53.1 Å². The Bertz CT molecular complexity index is 749. The first-order valence-electron chi connectivity index (χ1n) is 7.46. The molecule has 0 aromatic heterocycles. The van der Waals surface area contributed by atoms with Crippen LogP contribution in [0.25, 0.3) is 0 Å². The number of hydrogen-bond acceptors (Lipinski definition) is 6. The van der Waals surface area contributed by atoms with E-state index in [0.717, 1.165) is 0 Å². The van der Waals surface area contributed by atoms with Crippen LogP contribution < -0.4 is 19.6 Å². The standard InChI is InChI=1S/C18H20N2O5/c1-23-15-8-12(9-16(24-2)17(15)25-3)10-19-20-18(22)14-7-5-4-6-13(14)11-21/h4-10,21H,11H2,1-3H3,(H,20,22)/b19-10-. The lowest BCUT2D eigenvalue weighted by Crippen LogP contribution is -2.19. The van der Waals surface area contributed by atoms with E-state index in [1.54, 1.807) is 36.4 Å². The van der Waals surface area contributed by atoms with Gasteiger partial charge in [-0.2, -0.15) is 5.10 Å². The summed E-state index contributed by atoms with van der Waals surface area (Å²) < 4.78 is 15.8. The van der Waals surface area contributed by atoms with Gasteiger partial charge in [-0.15, -0.1) is 0 Å². The van der Waals surface area contributed by atoms with Crippen LogP contribution in [0.15, 0.2) is 41.5 Å². The molecule has 7 nitrogen and oxygen atoms in total. The third-order valence-corrected chi connectivity index (χ3v) is 3.50. The molecular formula is C18H20N2O5. The van der Waals surface area contributed by atoms with E-state index in [0.29, 0.717) is 33.9 Å². The van der Waals surface area contributed by atoms with E-state index in [9.17, 15) is 9.90 Å². The van der Waals surface area contributed by atoms with Crippen molar-refractivity contribution in [2.45, 2.75) is 6.61 Å². The summed E-state index contributed by atoms with van der Waals surface area (Å²) in [6.45, 7) is -0.222. The summed E-state index contributed by atoms with van der Waals surface area (Å²) in [5.74, 6) is 1.04. The van der Waals surface area contributed by atoms with Crippen molar-refractivity contribution in [1.29, 1.82) is 0 Å². The first-order chi connectivity index (χ1) is 12.1. The van der Waals surface area contributed by atoms with Crippen LogP contribution in [0.3, 0.4) is 0 Å². The summed E-state index contributed by atoms with van der Waals surface area (Å²) >= 11 is 0. The van der Waals surface area contributed by atoms with Gasteiger partial charge in [0.25, 0.3) is 5.91 Å². The summed E-state index contributed by atoms with van der Waals surface area (Å²) in [6, 6.07) is 10.2. The van der Waals surface area contributed by atoms with Gasteiger partial charge in [-0.1, -0.05) is 18.2 Å². The number of hydrogen-bond donors (Lipinski definition) is 2. The zero-order valence-electron chi connectivity index (χ0n) is 14.3. The Kier molecular flexibility index (Phi) is 6.36. The van der Waals surface area contributed by atoms with Crippen LogP contribution in [-0.4, -0.2) is 38.6 Å². The molecule has 1 amide bonds.